The van der Waals surface area contributed by atoms with E-state index >= 15 is 0 Å². The van der Waals surface area contributed by atoms with E-state index in [9.17, 15) is 0 Å². The average molecular weight is 248 g/mol. The van der Waals surface area contributed by atoms with Gasteiger partial charge in [0, 0.05) is 10.4 Å². The highest BCUT2D eigenvalue weighted by molar-refractivity contribution is 7.15. The summed E-state index contributed by atoms with van der Waals surface area (Å²) in [7, 11) is 0. The third kappa shape index (κ3) is 2.42. The predicted octanol–water partition coefficient (Wildman–Crippen LogP) is 3.41. The van der Waals surface area contributed by atoms with E-state index in [4.69, 9.17) is 10.5 Å². The maximum Gasteiger partial charge on any atom is 0.180 e. The van der Waals surface area contributed by atoms with Gasteiger partial charge in [-0.25, -0.2) is 4.98 Å². The van der Waals surface area contributed by atoms with E-state index in [1.807, 2.05) is 32.9 Å². The predicted molar refractivity (Wildman–Crippen MR) is 72.6 cm³/mol. The molecule has 2 aromatic rings. The molecule has 0 radical (unpaired) electrons. The van der Waals surface area contributed by atoms with Crippen LogP contribution in [0.2, 0.25) is 0 Å². The van der Waals surface area contributed by atoms with E-state index in [0.29, 0.717) is 11.7 Å². The first-order chi connectivity index (χ1) is 8.11. The molecule has 0 aliphatic carbocycles. The Labute approximate surface area is 105 Å². The van der Waals surface area contributed by atoms with Crippen LogP contribution in [-0.2, 0) is 0 Å². The zero-order valence-corrected chi connectivity index (χ0v) is 11.1. The van der Waals surface area contributed by atoms with Crippen molar-refractivity contribution in [2.24, 2.45) is 0 Å². The molecule has 2 N–H and O–H groups in total. The fourth-order valence-corrected chi connectivity index (χ4v) is 2.51. The minimum atomic E-state index is 0.615. The Hall–Kier alpha value is -1.55. The number of nitrogens with two attached hydrogens (primary N) is 1. The van der Waals surface area contributed by atoms with Gasteiger partial charge in [-0.2, -0.15) is 0 Å². The Morgan fingerprint density at radius 1 is 1.35 bits per heavy atom. The van der Waals surface area contributed by atoms with Crippen LogP contribution in [0.5, 0.6) is 5.75 Å². The number of rotatable bonds is 3. The molecule has 3 nitrogen and oxygen atoms in total. The quantitative estimate of drug-likeness (QED) is 0.905. The van der Waals surface area contributed by atoms with Crippen molar-refractivity contribution in [3.8, 4) is 17.0 Å². The first-order valence-electron chi connectivity index (χ1n) is 5.58. The zero-order chi connectivity index (χ0) is 12.4. The normalized spacial score (nSPS) is 10.5. The SMILES string of the molecule is CCOc1ccc(-c2nc(N)sc2C)cc1C. The highest BCUT2D eigenvalue weighted by atomic mass is 32.1. The smallest absolute Gasteiger partial charge is 0.180 e. The van der Waals surface area contributed by atoms with E-state index in [1.54, 1.807) is 0 Å². The van der Waals surface area contributed by atoms with Crippen LogP contribution >= 0.6 is 11.3 Å². The monoisotopic (exact) mass is 248 g/mol. The molecule has 0 fully saturated rings. The highest BCUT2D eigenvalue weighted by Gasteiger charge is 2.09. The molecular weight excluding hydrogens is 232 g/mol. The number of ether oxygens (including phenoxy) is 1. The number of anilines is 1. The molecule has 0 amide bonds. The molecule has 90 valence electrons. The molecule has 4 heteroatoms. The lowest BCUT2D eigenvalue weighted by Crippen LogP contribution is -1.94. The van der Waals surface area contributed by atoms with Gasteiger partial charge < -0.3 is 10.5 Å². The van der Waals surface area contributed by atoms with Gasteiger partial charge >= 0.3 is 0 Å². The summed E-state index contributed by atoms with van der Waals surface area (Å²) < 4.78 is 5.52. The lowest BCUT2D eigenvalue weighted by Gasteiger charge is -2.08. The van der Waals surface area contributed by atoms with Crippen molar-refractivity contribution in [3.63, 3.8) is 0 Å². The summed E-state index contributed by atoms with van der Waals surface area (Å²) in [4.78, 5) is 5.50. The average Bonchev–Trinajstić information content (AvgIpc) is 2.61. The van der Waals surface area contributed by atoms with Crippen molar-refractivity contribution in [1.29, 1.82) is 0 Å². The fraction of sp³-hybridized carbons (Fsp3) is 0.308. The summed E-state index contributed by atoms with van der Waals surface area (Å²) in [6.07, 6.45) is 0. The van der Waals surface area contributed by atoms with Crippen molar-refractivity contribution in [1.82, 2.24) is 4.98 Å². The maximum absolute atomic E-state index is 5.72. The van der Waals surface area contributed by atoms with Gasteiger partial charge in [0.05, 0.1) is 12.3 Å². The Balaban J connectivity index is 2.41. The summed E-state index contributed by atoms with van der Waals surface area (Å²) in [5.41, 5.74) is 8.90. The molecule has 0 aliphatic heterocycles. The number of aryl methyl sites for hydroxylation is 2. The summed E-state index contributed by atoms with van der Waals surface area (Å²) in [6.45, 7) is 6.75. The second-order valence-corrected chi connectivity index (χ2v) is 5.10. The number of aromatic nitrogens is 1. The molecule has 1 heterocycles. The number of nitrogens with zero attached hydrogens (tertiary/aromatic N) is 1. The van der Waals surface area contributed by atoms with Crippen molar-refractivity contribution in [2.45, 2.75) is 20.8 Å². The zero-order valence-electron chi connectivity index (χ0n) is 10.3. The molecular formula is C13H16N2OS. The third-order valence-electron chi connectivity index (χ3n) is 2.56. The number of benzene rings is 1. The van der Waals surface area contributed by atoms with Crippen LogP contribution in [0.3, 0.4) is 0 Å². The number of nitrogen functional groups attached to an aromatic ring is 1. The van der Waals surface area contributed by atoms with Crippen LogP contribution in [-0.4, -0.2) is 11.6 Å². The number of thiazole rings is 1. The second-order valence-electron chi connectivity index (χ2n) is 3.87. The molecule has 1 aromatic heterocycles. The van der Waals surface area contributed by atoms with Gasteiger partial charge in [0.2, 0.25) is 0 Å². The Morgan fingerprint density at radius 2 is 2.12 bits per heavy atom. The van der Waals surface area contributed by atoms with Gasteiger partial charge in [-0.15, -0.1) is 11.3 Å². The Bertz CT molecular complexity index is 534. The van der Waals surface area contributed by atoms with Gasteiger partial charge in [0.1, 0.15) is 5.75 Å². The maximum atomic E-state index is 5.72. The molecule has 0 aliphatic rings. The molecule has 0 unspecified atom stereocenters. The molecule has 0 atom stereocenters. The van der Waals surface area contributed by atoms with Crippen LogP contribution in [0, 0.1) is 13.8 Å². The number of hydrogen-bond acceptors (Lipinski definition) is 4. The van der Waals surface area contributed by atoms with Crippen molar-refractivity contribution in [2.75, 3.05) is 12.3 Å². The van der Waals surface area contributed by atoms with Crippen LogP contribution in [0.4, 0.5) is 5.13 Å². The summed E-state index contributed by atoms with van der Waals surface area (Å²) in [5.74, 6) is 0.928. The Kier molecular flexibility index (Phi) is 3.33. The largest absolute Gasteiger partial charge is 0.494 e. The number of hydrogen-bond donors (Lipinski definition) is 1. The van der Waals surface area contributed by atoms with Crippen LogP contribution < -0.4 is 10.5 Å². The molecule has 0 spiro atoms. The molecule has 2 rings (SSSR count). The van der Waals surface area contributed by atoms with E-state index < -0.39 is 0 Å². The van der Waals surface area contributed by atoms with Crippen LogP contribution in [0.1, 0.15) is 17.4 Å². The van der Waals surface area contributed by atoms with Crippen molar-refractivity contribution in [3.05, 3.63) is 28.6 Å². The van der Waals surface area contributed by atoms with Gasteiger partial charge in [-0.05, 0) is 44.5 Å². The van der Waals surface area contributed by atoms with E-state index in [1.165, 1.54) is 11.3 Å². The van der Waals surface area contributed by atoms with Gasteiger partial charge in [-0.3, -0.25) is 0 Å². The molecule has 0 saturated heterocycles. The van der Waals surface area contributed by atoms with E-state index in [2.05, 4.69) is 11.1 Å². The molecule has 0 bridgehead atoms. The van der Waals surface area contributed by atoms with Gasteiger partial charge in [0.15, 0.2) is 5.13 Å². The molecule has 1 aromatic carbocycles. The molecule has 0 saturated carbocycles. The topological polar surface area (TPSA) is 48.1 Å². The Morgan fingerprint density at radius 3 is 2.65 bits per heavy atom. The van der Waals surface area contributed by atoms with E-state index in [0.717, 1.165) is 27.4 Å². The lowest BCUT2D eigenvalue weighted by atomic mass is 10.1. The third-order valence-corrected chi connectivity index (χ3v) is 3.36. The molecule has 17 heavy (non-hydrogen) atoms. The van der Waals surface area contributed by atoms with Gasteiger partial charge in [-0.1, -0.05) is 0 Å². The first-order valence-corrected chi connectivity index (χ1v) is 6.40. The second kappa shape index (κ2) is 4.75. The van der Waals surface area contributed by atoms with Crippen molar-refractivity contribution < 1.29 is 4.74 Å². The summed E-state index contributed by atoms with van der Waals surface area (Å²) in [5, 5.41) is 0.615. The summed E-state index contributed by atoms with van der Waals surface area (Å²) >= 11 is 1.52. The van der Waals surface area contributed by atoms with Gasteiger partial charge in [0.25, 0.3) is 0 Å². The highest BCUT2D eigenvalue weighted by Crippen LogP contribution is 2.31. The lowest BCUT2D eigenvalue weighted by molar-refractivity contribution is 0.338. The standard InChI is InChI=1S/C13H16N2OS/c1-4-16-11-6-5-10(7-8(11)2)12-9(3)17-13(14)15-12/h5-7H,4H2,1-3H3,(H2,14,15). The minimum Gasteiger partial charge on any atom is -0.494 e. The van der Waals surface area contributed by atoms with E-state index in [-0.39, 0.29) is 0 Å². The first kappa shape index (κ1) is 11.9. The fourth-order valence-electron chi connectivity index (χ4n) is 1.80. The van der Waals surface area contributed by atoms with Crippen LogP contribution in [0.25, 0.3) is 11.3 Å². The van der Waals surface area contributed by atoms with Crippen LogP contribution in [0.15, 0.2) is 18.2 Å². The summed E-state index contributed by atoms with van der Waals surface area (Å²) in [6, 6.07) is 6.11. The van der Waals surface area contributed by atoms with Crippen molar-refractivity contribution >= 4 is 16.5 Å². The minimum absolute atomic E-state index is 0.615.